The van der Waals surface area contributed by atoms with E-state index in [1.807, 2.05) is 6.07 Å². The highest BCUT2D eigenvalue weighted by Crippen LogP contribution is 2.58. The van der Waals surface area contributed by atoms with E-state index in [0.717, 1.165) is 24.5 Å². The summed E-state index contributed by atoms with van der Waals surface area (Å²) in [6.45, 7) is 3.15. The molecule has 1 atom stereocenters. The SMILES string of the molecule is COc1cc2c(cc1C)CCNC2C1(c2ccco2)CC1. The molecule has 3 heteroatoms. The quantitative estimate of drug-likeness (QED) is 0.936. The topological polar surface area (TPSA) is 34.4 Å². The van der Waals surface area contributed by atoms with Gasteiger partial charge in [0.1, 0.15) is 11.5 Å². The van der Waals surface area contributed by atoms with Crippen LogP contribution in [-0.4, -0.2) is 13.7 Å². The first-order valence-corrected chi connectivity index (χ1v) is 7.69. The molecule has 0 amide bonds. The number of rotatable bonds is 3. The average molecular weight is 283 g/mol. The Bertz CT molecular complexity index is 656. The molecule has 2 aromatic rings. The summed E-state index contributed by atoms with van der Waals surface area (Å²) >= 11 is 0. The van der Waals surface area contributed by atoms with Crippen LogP contribution in [0.1, 0.15) is 41.3 Å². The van der Waals surface area contributed by atoms with Gasteiger partial charge in [-0.15, -0.1) is 0 Å². The van der Waals surface area contributed by atoms with Crippen LogP contribution in [0.25, 0.3) is 0 Å². The largest absolute Gasteiger partial charge is 0.496 e. The molecule has 21 heavy (non-hydrogen) atoms. The van der Waals surface area contributed by atoms with Gasteiger partial charge in [-0.3, -0.25) is 0 Å². The highest BCUT2D eigenvalue weighted by molar-refractivity contribution is 5.47. The number of hydrogen-bond acceptors (Lipinski definition) is 3. The fraction of sp³-hybridized carbons (Fsp3) is 0.444. The lowest BCUT2D eigenvalue weighted by Crippen LogP contribution is -2.37. The monoisotopic (exact) mass is 283 g/mol. The van der Waals surface area contributed by atoms with Crippen LogP contribution in [0.3, 0.4) is 0 Å². The van der Waals surface area contributed by atoms with Crippen LogP contribution in [0, 0.1) is 6.92 Å². The average Bonchev–Trinajstić information content (AvgIpc) is 3.11. The normalized spacial score (nSPS) is 22.7. The van der Waals surface area contributed by atoms with Crippen LogP contribution in [0.15, 0.2) is 34.9 Å². The predicted molar refractivity (Wildman–Crippen MR) is 81.8 cm³/mol. The number of ether oxygens (including phenoxy) is 1. The molecule has 1 saturated carbocycles. The summed E-state index contributed by atoms with van der Waals surface area (Å²) in [6, 6.07) is 8.97. The minimum atomic E-state index is 0.138. The van der Waals surface area contributed by atoms with E-state index in [4.69, 9.17) is 9.15 Å². The van der Waals surface area contributed by atoms with Gasteiger partial charge in [0.15, 0.2) is 0 Å². The molecule has 110 valence electrons. The second kappa shape index (κ2) is 4.63. The van der Waals surface area contributed by atoms with Gasteiger partial charge in [-0.1, -0.05) is 6.07 Å². The standard InChI is InChI=1S/C18H21NO2/c1-12-10-13-5-8-19-17(14(13)11-15(12)20-2)18(6-7-18)16-4-3-9-21-16/h3-4,9-11,17,19H,5-8H2,1-2H3. The van der Waals surface area contributed by atoms with Gasteiger partial charge in [0.25, 0.3) is 0 Å². The van der Waals surface area contributed by atoms with Crippen LogP contribution in [0.4, 0.5) is 0 Å². The first kappa shape index (κ1) is 13.0. The Kier molecular flexibility index (Phi) is 2.86. The molecule has 0 radical (unpaired) electrons. The fourth-order valence-electron chi connectivity index (χ4n) is 3.80. The fourth-order valence-corrected chi connectivity index (χ4v) is 3.80. The van der Waals surface area contributed by atoms with Crippen LogP contribution in [0.2, 0.25) is 0 Å². The van der Waals surface area contributed by atoms with E-state index in [1.165, 1.54) is 29.5 Å². The Labute approximate surface area is 125 Å². The van der Waals surface area contributed by atoms with Crippen molar-refractivity contribution < 1.29 is 9.15 Å². The maximum Gasteiger partial charge on any atom is 0.122 e. The van der Waals surface area contributed by atoms with Crippen molar-refractivity contribution in [1.82, 2.24) is 5.32 Å². The zero-order valence-corrected chi connectivity index (χ0v) is 12.6. The number of fused-ring (bicyclic) bond motifs is 1. The van der Waals surface area contributed by atoms with Gasteiger partial charge in [0, 0.05) is 11.5 Å². The molecule has 3 nitrogen and oxygen atoms in total. The molecule has 1 aliphatic heterocycles. The van der Waals surface area contributed by atoms with Gasteiger partial charge in [-0.2, -0.15) is 0 Å². The van der Waals surface area contributed by atoms with Crippen LogP contribution in [-0.2, 0) is 11.8 Å². The number of benzene rings is 1. The number of hydrogen-bond donors (Lipinski definition) is 1. The van der Waals surface area contributed by atoms with Crippen LogP contribution < -0.4 is 10.1 Å². The lowest BCUT2D eigenvalue weighted by Gasteiger charge is -2.33. The number of nitrogens with one attached hydrogen (secondary N) is 1. The molecule has 2 heterocycles. The van der Waals surface area contributed by atoms with E-state index in [2.05, 4.69) is 30.4 Å². The summed E-state index contributed by atoms with van der Waals surface area (Å²) in [6.07, 6.45) is 5.25. The third-order valence-electron chi connectivity index (χ3n) is 5.06. The minimum Gasteiger partial charge on any atom is -0.496 e. The van der Waals surface area contributed by atoms with Crippen molar-refractivity contribution in [1.29, 1.82) is 0 Å². The van der Waals surface area contributed by atoms with Gasteiger partial charge in [0.05, 0.1) is 13.4 Å². The number of methoxy groups -OCH3 is 1. The molecular formula is C18H21NO2. The Morgan fingerprint density at radius 2 is 2.19 bits per heavy atom. The Morgan fingerprint density at radius 3 is 2.86 bits per heavy atom. The molecule has 0 saturated heterocycles. The number of aryl methyl sites for hydroxylation is 1. The molecule has 0 bridgehead atoms. The molecular weight excluding hydrogens is 262 g/mol. The summed E-state index contributed by atoms with van der Waals surface area (Å²) in [7, 11) is 1.75. The van der Waals surface area contributed by atoms with Crippen molar-refractivity contribution in [3.8, 4) is 5.75 Å². The number of furan rings is 1. The second-order valence-electron chi connectivity index (χ2n) is 6.29. The van der Waals surface area contributed by atoms with Crippen molar-refractivity contribution >= 4 is 0 Å². The highest BCUT2D eigenvalue weighted by Gasteiger charge is 2.54. The third-order valence-corrected chi connectivity index (χ3v) is 5.06. The van der Waals surface area contributed by atoms with Crippen molar-refractivity contribution in [2.45, 2.75) is 37.6 Å². The molecule has 4 rings (SSSR count). The summed E-state index contributed by atoms with van der Waals surface area (Å²) in [5.41, 5.74) is 4.20. The first-order chi connectivity index (χ1) is 10.2. The van der Waals surface area contributed by atoms with Crippen molar-refractivity contribution in [2.75, 3.05) is 13.7 Å². The van der Waals surface area contributed by atoms with Gasteiger partial charge in [-0.25, -0.2) is 0 Å². The molecule has 2 aliphatic rings. The molecule has 1 aromatic heterocycles. The first-order valence-electron chi connectivity index (χ1n) is 7.69. The van der Waals surface area contributed by atoms with Gasteiger partial charge >= 0.3 is 0 Å². The van der Waals surface area contributed by atoms with Crippen molar-refractivity contribution in [3.63, 3.8) is 0 Å². The van der Waals surface area contributed by atoms with E-state index < -0.39 is 0 Å². The summed E-state index contributed by atoms with van der Waals surface area (Å²) in [5, 5.41) is 3.72. The van der Waals surface area contributed by atoms with Gasteiger partial charge in [-0.05, 0) is 67.6 Å². The zero-order valence-electron chi connectivity index (χ0n) is 12.6. The third kappa shape index (κ3) is 1.91. The lowest BCUT2D eigenvalue weighted by molar-refractivity contribution is 0.346. The van der Waals surface area contributed by atoms with E-state index >= 15 is 0 Å². The summed E-state index contributed by atoms with van der Waals surface area (Å²) < 4.78 is 11.3. The summed E-state index contributed by atoms with van der Waals surface area (Å²) in [4.78, 5) is 0. The minimum absolute atomic E-state index is 0.138. The van der Waals surface area contributed by atoms with Gasteiger partial charge < -0.3 is 14.5 Å². The molecule has 1 aliphatic carbocycles. The maximum absolute atomic E-state index is 5.74. The molecule has 1 unspecified atom stereocenters. The Balaban J connectivity index is 1.80. The lowest BCUT2D eigenvalue weighted by atomic mass is 9.82. The molecule has 0 spiro atoms. The van der Waals surface area contributed by atoms with E-state index in [9.17, 15) is 0 Å². The van der Waals surface area contributed by atoms with Crippen molar-refractivity contribution in [2.24, 2.45) is 0 Å². The van der Waals surface area contributed by atoms with Crippen molar-refractivity contribution in [3.05, 3.63) is 53.0 Å². The van der Waals surface area contributed by atoms with Crippen LogP contribution >= 0.6 is 0 Å². The highest BCUT2D eigenvalue weighted by atomic mass is 16.5. The van der Waals surface area contributed by atoms with E-state index in [0.29, 0.717) is 6.04 Å². The van der Waals surface area contributed by atoms with E-state index in [-0.39, 0.29) is 5.41 Å². The predicted octanol–water partition coefficient (Wildman–Crippen LogP) is 3.52. The smallest absolute Gasteiger partial charge is 0.122 e. The molecule has 1 aromatic carbocycles. The van der Waals surface area contributed by atoms with Crippen LogP contribution in [0.5, 0.6) is 5.75 Å². The van der Waals surface area contributed by atoms with E-state index in [1.54, 1.807) is 13.4 Å². The Morgan fingerprint density at radius 1 is 1.33 bits per heavy atom. The summed E-state index contributed by atoms with van der Waals surface area (Å²) in [5.74, 6) is 2.10. The Hall–Kier alpha value is -1.74. The molecule has 1 N–H and O–H groups in total. The zero-order chi connectivity index (χ0) is 14.4. The second-order valence-corrected chi connectivity index (χ2v) is 6.29. The maximum atomic E-state index is 5.74. The molecule has 1 fully saturated rings. The van der Waals surface area contributed by atoms with Gasteiger partial charge in [0.2, 0.25) is 0 Å².